The predicted octanol–water partition coefficient (Wildman–Crippen LogP) is 2.55. The van der Waals surface area contributed by atoms with Crippen molar-refractivity contribution in [2.24, 2.45) is 0 Å². The molecule has 1 unspecified atom stereocenters. The van der Waals surface area contributed by atoms with E-state index in [9.17, 15) is 4.79 Å². The normalized spacial score (nSPS) is 16.0. The van der Waals surface area contributed by atoms with Gasteiger partial charge in [0.05, 0.1) is 50.0 Å². The Morgan fingerprint density at radius 1 is 1.06 bits per heavy atom. The molecule has 33 heavy (non-hydrogen) atoms. The number of rotatable bonds is 6. The van der Waals surface area contributed by atoms with Gasteiger partial charge in [0, 0.05) is 18.9 Å². The molecular formula is C24H24N6O3. The van der Waals surface area contributed by atoms with Crippen LogP contribution < -0.4 is 4.74 Å². The van der Waals surface area contributed by atoms with Crippen molar-refractivity contribution in [1.82, 2.24) is 29.7 Å². The zero-order valence-corrected chi connectivity index (χ0v) is 18.2. The Morgan fingerprint density at radius 3 is 2.70 bits per heavy atom. The van der Waals surface area contributed by atoms with Gasteiger partial charge in [-0.25, -0.2) is 4.68 Å². The number of methoxy groups -OCH3 is 1. The van der Waals surface area contributed by atoms with Crippen molar-refractivity contribution in [2.45, 2.75) is 12.5 Å². The molecule has 0 bridgehead atoms. The van der Waals surface area contributed by atoms with Gasteiger partial charge in [-0.15, -0.1) is 0 Å². The summed E-state index contributed by atoms with van der Waals surface area (Å²) in [7, 11) is 1.64. The molecule has 0 spiro atoms. The molecule has 1 fully saturated rings. The molecule has 1 atom stereocenters. The number of carbonyl (C=O) groups is 1. The number of aromatic nitrogens is 5. The average Bonchev–Trinajstić information content (AvgIpc) is 3.59. The average molecular weight is 444 g/mol. The molecule has 3 heterocycles. The van der Waals surface area contributed by atoms with Gasteiger partial charge in [-0.3, -0.25) is 4.79 Å². The molecule has 0 radical (unpaired) electrons. The zero-order chi connectivity index (χ0) is 22.6. The number of morpholine rings is 1. The summed E-state index contributed by atoms with van der Waals surface area (Å²) in [5.74, 6) is 0.674. The van der Waals surface area contributed by atoms with Gasteiger partial charge in [0.25, 0.3) is 5.91 Å². The van der Waals surface area contributed by atoms with E-state index in [-0.39, 0.29) is 11.9 Å². The van der Waals surface area contributed by atoms with E-state index in [2.05, 4.69) is 15.3 Å². The lowest BCUT2D eigenvalue weighted by Gasteiger charge is -2.36. The van der Waals surface area contributed by atoms with Gasteiger partial charge in [0.2, 0.25) is 0 Å². The molecule has 4 aromatic rings. The first-order valence-corrected chi connectivity index (χ1v) is 10.8. The van der Waals surface area contributed by atoms with E-state index in [0.29, 0.717) is 37.4 Å². The summed E-state index contributed by atoms with van der Waals surface area (Å²) < 4.78 is 13.0. The van der Waals surface area contributed by atoms with Crippen LogP contribution in [0.4, 0.5) is 0 Å². The van der Waals surface area contributed by atoms with Crippen molar-refractivity contribution >= 4 is 5.91 Å². The molecule has 1 aliphatic heterocycles. The smallest absolute Gasteiger partial charge is 0.256 e. The molecule has 2 aromatic carbocycles. The lowest BCUT2D eigenvalue weighted by molar-refractivity contribution is -0.00165. The monoisotopic (exact) mass is 444 g/mol. The molecule has 0 saturated carbocycles. The van der Waals surface area contributed by atoms with Gasteiger partial charge in [-0.2, -0.15) is 20.1 Å². The van der Waals surface area contributed by atoms with Crippen molar-refractivity contribution in [3.63, 3.8) is 0 Å². The molecule has 5 rings (SSSR count). The number of hydrogen-bond donors (Lipinski definition) is 0. The Hall–Kier alpha value is -3.98. The van der Waals surface area contributed by atoms with Gasteiger partial charge in [-0.1, -0.05) is 18.2 Å². The fourth-order valence-electron chi connectivity index (χ4n) is 4.14. The van der Waals surface area contributed by atoms with E-state index < -0.39 is 0 Å². The van der Waals surface area contributed by atoms with Crippen LogP contribution in [0.3, 0.4) is 0 Å². The fraction of sp³-hybridized carbons (Fsp3) is 0.250. The maximum atomic E-state index is 13.6. The quantitative estimate of drug-likeness (QED) is 0.454. The van der Waals surface area contributed by atoms with E-state index >= 15 is 0 Å². The van der Waals surface area contributed by atoms with Crippen LogP contribution in [0.1, 0.15) is 15.9 Å². The Morgan fingerprint density at radius 2 is 1.91 bits per heavy atom. The van der Waals surface area contributed by atoms with E-state index in [4.69, 9.17) is 9.47 Å². The second kappa shape index (κ2) is 9.25. The topological polar surface area (TPSA) is 87.3 Å². The number of benzene rings is 2. The third kappa shape index (κ3) is 4.22. The Bertz CT molecular complexity index is 1220. The fourth-order valence-corrected chi connectivity index (χ4v) is 4.14. The van der Waals surface area contributed by atoms with Crippen LogP contribution in [0.5, 0.6) is 5.75 Å². The van der Waals surface area contributed by atoms with Gasteiger partial charge in [0.1, 0.15) is 11.4 Å². The van der Waals surface area contributed by atoms with Crippen LogP contribution in [0, 0.1) is 0 Å². The molecular weight excluding hydrogens is 420 g/mol. The lowest BCUT2D eigenvalue weighted by atomic mass is 10.0. The predicted molar refractivity (Wildman–Crippen MR) is 121 cm³/mol. The van der Waals surface area contributed by atoms with Crippen LogP contribution in [0.15, 0.2) is 73.3 Å². The van der Waals surface area contributed by atoms with E-state index in [0.717, 1.165) is 17.0 Å². The molecule has 0 N–H and O–H groups in total. The minimum atomic E-state index is -0.108. The van der Waals surface area contributed by atoms with Crippen LogP contribution in [-0.2, 0) is 11.2 Å². The second-order valence-electron chi connectivity index (χ2n) is 7.72. The highest BCUT2D eigenvalue weighted by Gasteiger charge is 2.30. The third-order valence-electron chi connectivity index (χ3n) is 5.72. The number of nitrogens with zero attached hydrogens (tertiary/aromatic N) is 6. The molecule has 2 aromatic heterocycles. The first-order chi connectivity index (χ1) is 16.2. The van der Waals surface area contributed by atoms with Gasteiger partial charge in [0.15, 0.2) is 0 Å². The minimum absolute atomic E-state index is 0.0583. The zero-order valence-electron chi connectivity index (χ0n) is 18.2. The van der Waals surface area contributed by atoms with Crippen molar-refractivity contribution in [3.8, 4) is 17.1 Å². The molecule has 9 heteroatoms. The molecule has 168 valence electrons. The summed E-state index contributed by atoms with van der Waals surface area (Å²) in [4.78, 5) is 17.0. The first-order valence-electron chi connectivity index (χ1n) is 10.8. The highest BCUT2D eigenvalue weighted by Crippen LogP contribution is 2.26. The minimum Gasteiger partial charge on any atom is -0.494 e. The van der Waals surface area contributed by atoms with Crippen molar-refractivity contribution in [3.05, 3.63) is 84.4 Å². The summed E-state index contributed by atoms with van der Waals surface area (Å²) in [6.07, 6.45) is 7.44. The summed E-state index contributed by atoms with van der Waals surface area (Å²) in [6.45, 7) is 1.50. The highest BCUT2D eigenvalue weighted by atomic mass is 16.5. The standard InChI is InChI=1S/C24H24N6O3/c1-32-23-8-7-18(16-22(23)29-12-4-9-25-29)15-19-17-33-14-13-28(19)24(31)20-5-2-3-6-21(20)30-26-10-11-27-30/h2-12,16,19H,13-15,17H2,1H3. The summed E-state index contributed by atoms with van der Waals surface area (Å²) in [5, 5.41) is 12.7. The SMILES string of the molecule is COc1ccc(CC2COCCN2C(=O)c2ccccc2-n2nccn2)cc1-n1cccn1. The molecule has 9 nitrogen and oxygen atoms in total. The molecule has 1 amide bonds. The third-order valence-corrected chi connectivity index (χ3v) is 5.72. The molecule has 0 aliphatic carbocycles. The number of carbonyl (C=O) groups excluding carboxylic acids is 1. The largest absolute Gasteiger partial charge is 0.494 e. The molecule has 1 saturated heterocycles. The van der Waals surface area contributed by atoms with Crippen LogP contribution >= 0.6 is 0 Å². The highest BCUT2D eigenvalue weighted by molar-refractivity contribution is 5.98. The number of para-hydroxylation sites is 1. The number of ether oxygens (including phenoxy) is 2. The van der Waals surface area contributed by atoms with Gasteiger partial charge < -0.3 is 14.4 Å². The Kier molecular flexibility index (Phi) is 5.86. The summed E-state index contributed by atoms with van der Waals surface area (Å²) >= 11 is 0. The summed E-state index contributed by atoms with van der Waals surface area (Å²) in [5.41, 5.74) is 3.14. The maximum absolute atomic E-state index is 13.6. The summed E-state index contributed by atoms with van der Waals surface area (Å²) in [6, 6.07) is 15.2. The maximum Gasteiger partial charge on any atom is 0.256 e. The van der Waals surface area contributed by atoms with Crippen LogP contribution in [0.25, 0.3) is 11.4 Å². The van der Waals surface area contributed by atoms with Gasteiger partial charge >= 0.3 is 0 Å². The van der Waals surface area contributed by atoms with Crippen molar-refractivity contribution < 1.29 is 14.3 Å². The van der Waals surface area contributed by atoms with Crippen LogP contribution in [0.2, 0.25) is 0 Å². The first kappa shape index (κ1) is 20.9. The van der Waals surface area contributed by atoms with E-state index in [1.807, 2.05) is 59.6 Å². The van der Waals surface area contributed by atoms with Crippen molar-refractivity contribution in [1.29, 1.82) is 0 Å². The number of amides is 1. The van der Waals surface area contributed by atoms with Gasteiger partial charge in [-0.05, 0) is 42.3 Å². The Balaban J connectivity index is 1.43. The molecule has 1 aliphatic rings. The van der Waals surface area contributed by atoms with Crippen LogP contribution in [-0.4, -0.2) is 68.5 Å². The van der Waals surface area contributed by atoms with Crippen molar-refractivity contribution in [2.75, 3.05) is 26.9 Å². The number of hydrogen-bond acceptors (Lipinski definition) is 6. The Labute approximate surface area is 191 Å². The van der Waals surface area contributed by atoms with E-state index in [1.54, 1.807) is 30.4 Å². The van der Waals surface area contributed by atoms with E-state index in [1.165, 1.54) is 4.80 Å². The second-order valence-corrected chi connectivity index (χ2v) is 7.72. The lowest BCUT2D eigenvalue weighted by Crippen LogP contribution is -2.50.